The fourth-order valence-corrected chi connectivity index (χ4v) is 2.53. The van der Waals surface area contributed by atoms with Gasteiger partial charge in [-0.15, -0.1) is 0 Å². The van der Waals surface area contributed by atoms with Gasteiger partial charge in [0, 0.05) is 16.7 Å². The lowest BCUT2D eigenvalue weighted by Gasteiger charge is -2.30. The van der Waals surface area contributed by atoms with E-state index in [1.165, 1.54) is 0 Å². The summed E-state index contributed by atoms with van der Waals surface area (Å²) in [6.45, 7) is 0.843. The average molecular weight is 389 g/mol. The van der Waals surface area contributed by atoms with Crippen molar-refractivity contribution < 1.29 is 19.4 Å². The van der Waals surface area contributed by atoms with Gasteiger partial charge in [0.05, 0.1) is 5.92 Å². The Bertz CT molecular complexity index is 488. The van der Waals surface area contributed by atoms with Crippen molar-refractivity contribution in [2.75, 3.05) is 19.7 Å². The smallest absolute Gasteiger partial charge is 0.308 e. The zero-order chi connectivity index (χ0) is 14.5. The normalized spacial score (nSPS) is 18.6. The Labute approximate surface area is 131 Å². The molecule has 1 atom stereocenters. The summed E-state index contributed by atoms with van der Waals surface area (Å²) in [5, 5.41) is 9.00. The highest BCUT2D eigenvalue weighted by molar-refractivity contribution is 14.1. The number of carboxylic acid groups (broad SMARTS) is 1. The third-order valence-electron chi connectivity index (χ3n) is 3.30. The Morgan fingerprint density at radius 3 is 2.70 bits per heavy atom. The Kier molecular flexibility index (Phi) is 5.22. The summed E-state index contributed by atoms with van der Waals surface area (Å²) >= 11 is 2.20. The number of rotatable bonds is 4. The zero-order valence-corrected chi connectivity index (χ0v) is 13.1. The van der Waals surface area contributed by atoms with Gasteiger partial charge in [0.1, 0.15) is 5.75 Å². The lowest BCUT2D eigenvalue weighted by molar-refractivity contribution is -0.146. The van der Waals surface area contributed by atoms with Gasteiger partial charge < -0.3 is 14.7 Å². The lowest BCUT2D eigenvalue weighted by atomic mass is 9.98. The molecular weight excluding hydrogens is 373 g/mol. The van der Waals surface area contributed by atoms with Crippen LogP contribution < -0.4 is 4.74 Å². The second kappa shape index (κ2) is 6.92. The molecular formula is C14H16INO4. The number of carbonyl (C=O) groups excluding carboxylic acids is 1. The second-order valence-electron chi connectivity index (χ2n) is 4.76. The largest absolute Gasteiger partial charge is 0.484 e. The van der Waals surface area contributed by atoms with Gasteiger partial charge in [0.25, 0.3) is 5.91 Å². The van der Waals surface area contributed by atoms with E-state index in [9.17, 15) is 9.59 Å². The lowest BCUT2D eigenvalue weighted by Crippen LogP contribution is -2.44. The quantitative estimate of drug-likeness (QED) is 0.801. The van der Waals surface area contributed by atoms with Crippen LogP contribution in [0.5, 0.6) is 5.75 Å². The van der Waals surface area contributed by atoms with Crippen LogP contribution in [-0.2, 0) is 9.59 Å². The van der Waals surface area contributed by atoms with E-state index in [2.05, 4.69) is 22.6 Å². The average Bonchev–Trinajstić information content (AvgIpc) is 2.46. The number of carbonyl (C=O) groups is 2. The van der Waals surface area contributed by atoms with Gasteiger partial charge in [0.2, 0.25) is 0 Å². The molecule has 20 heavy (non-hydrogen) atoms. The molecule has 5 nitrogen and oxygen atoms in total. The number of halogens is 1. The van der Waals surface area contributed by atoms with Gasteiger partial charge in [-0.1, -0.05) is 0 Å². The molecule has 1 N–H and O–H groups in total. The van der Waals surface area contributed by atoms with Crippen molar-refractivity contribution in [1.29, 1.82) is 0 Å². The molecule has 1 aliphatic rings. The molecule has 1 heterocycles. The second-order valence-corrected chi connectivity index (χ2v) is 6.01. The van der Waals surface area contributed by atoms with Crippen molar-refractivity contribution in [3.8, 4) is 5.75 Å². The van der Waals surface area contributed by atoms with E-state index in [0.29, 0.717) is 18.7 Å². The van der Waals surface area contributed by atoms with E-state index in [1.807, 2.05) is 24.3 Å². The summed E-state index contributed by atoms with van der Waals surface area (Å²) in [6, 6.07) is 7.43. The topological polar surface area (TPSA) is 66.8 Å². The van der Waals surface area contributed by atoms with Crippen LogP contribution in [0.2, 0.25) is 0 Å². The highest BCUT2D eigenvalue weighted by Gasteiger charge is 2.28. The van der Waals surface area contributed by atoms with Crippen molar-refractivity contribution in [3.63, 3.8) is 0 Å². The molecule has 1 aromatic carbocycles. The van der Waals surface area contributed by atoms with E-state index >= 15 is 0 Å². The summed E-state index contributed by atoms with van der Waals surface area (Å²) in [5.41, 5.74) is 0. The van der Waals surface area contributed by atoms with Gasteiger partial charge in [0.15, 0.2) is 6.61 Å². The maximum Gasteiger partial charge on any atom is 0.308 e. The Morgan fingerprint density at radius 1 is 1.35 bits per heavy atom. The fourth-order valence-electron chi connectivity index (χ4n) is 2.17. The number of amides is 1. The zero-order valence-electron chi connectivity index (χ0n) is 10.9. The molecule has 1 unspecified atom stereocenters. The predicted molar refractivity (Wildman–Crippen MR) is 81.6 cm³/mol. The minimum atomic E-state index is -0.832. The van der Waals surface area contributed by atoms with Gasteiger partial charge in [-0.25, -0.2) is 0 Å². The van der Waals surface area contributed by atoms with Crippen LogP contribution in [-0.4, -0.2) is 41.6 Å². The van der Waals surface area contributed by atoms with Crippen molar-refractivity contribution in [2.45, 2.75) is 12.8 Å². The van der Waals surface area contributed by atoms with E-state index in [0.717, 1.165) is 9.99 Å². The molecule has 1 aromatic rings. The molecule has 0 aliphatic carbocycles. The number of hydrogen-bond acceptors (Lipinski definition) is 3. The Hall–Kier alpha value is -1.31. The van der Waals surface area contributed by atoms with Crippen LogP contribution in [0.25, 0.3) is 0 Å². The third kappa shape index (κ3) is 4.09. The van der Waals surface area contributed by atoms with Gasteiger partial charge in [-0.2, -0.15) is 0 Å². The molecule has 6 heteroatoms. The van der Waals surface area contributed by atoms with Crippen molar-refractivity contribution >= 4 is 34.5 Å². The van der Waals surface area contributed by atoms with Crippen LogP contribution in [0, 0.1) is 9.49 Å². The summed E-state index contributed by atoms with van der Waals surface area (Å²) in [4.78, 5) is 24.6. The molecule has 0 spiro atoms. The summed E-state index contributed by atoms with van der Waals surface area (Å²) in [5.74, 6) is -0.799. The molecule has 0 saturated carbocycles. The molecule has 0 aromatic heterocycles. The molecule has 1 fully saturated rings. The fraction of sp³-hybridized carbons (Fsp3) is 0.429. The third-order valence-corrected chi connectivity index (χ3v) is 4.02. The van der Waals surface area contributed by atoms with E-state index in [1.54, 1.807) is 4.90 Å². The number of carboxylic acids is 1. The summed E-state index contributed by atoms with van der Waals surface area (Å²) in [7, 11) is 0. The number of hydrogen-bond donors (Lipinski definition) is 1. The first kappa shape index (κ1) is 15.1. The van der Waals surface area contributed by atoms with E-state index in [4.69, 9.17) is 9.84 Å². The number of aliphatic carboxylic acids is 1. The molecule has 2 rings (SSSR count). The minimum absolute atomic E-state index is 0.0487. The highest BCUT2D eigenvalue weighted by Crippen LogP contribution is 2.17. The van der Waals surface area contributed by atoms with Crippen LogP contribution in [0.15, 0.2) is 24.3 Å². The molecule has 1 amide bonds. The maximum atomic E-state index is 12.0. The number of likely N-dealkylation sites (tertiary alicyclic amines) is 1. The number of ether oxygens (including phenoxy) is 1. The summed E-state index contributed by atoms with van der Waals surface area (Å²) < 4.78 is 6.53. The Balaban J connectivity index is 1.85. The molecule has 108 valence electrons. The van der Waals surface area contributed by atoms with E-state index in [-0.39, 0.29) is 19.1 Å². The van der Waals surface area contributed by atoms with Crippen molar-refractivity contribution in [3.05, 3.63) is 27.8 Å². The standard InChI is InChI=1S/C14H16INO4/c15-11-3-5-12(6-4-11)20-9-13(17)16-7-1-2-10(8-16)14(18)19/h3-6,10H,1-2,7-9H2,(H,18,19). The highest BCUT2D eigenvalue weighted by atomic mass is 127. The van der Waals surface area contributed by atoms with E-state index < -0.39 is 11.9 Å². The molecule has 0 bridgehead atoms. The van der Waals surface area contributed by atoms with Gasteiger partial charge >= 0.3 is 5.97 Å². The maximum absolute atomic E-state index is 12.0. The number of benzene rings is 1. The minimum Gasteiger partial charge on any atom is -0.484 e. The summed E-state index contributed by atoms with van der Waals surface area (Å²) in [6.07, 6.45) is 1.36. The first-order chi connectivity index (χ1) is 9.56. The van der Waals surface area contributed by atoms with Gasteiger partial charge in [-0.05, 0) is 59.7 Å². The molecule has 1 saturated heterocycles. The predicted octanol–water partition coefficient (Wildman–Crippen LogP) is 1.99. The molecule has 1 aliphatic heterocycles. The first-order valence-corrected chi connectivity index (χ1v) is 7.53. The van der Waals surface area contributed by atoms with Crippen LogP contribution in [0.3, 0.4) is 0 Å². The van der Waals surface area contributed by atoms with Crippen LogP contribution >= 0.6 is 22.6 Å². The molecule has 0 radical (unpaired) electrons. The van der Waals surface area contributed by atoms with Crippen LogP contribution in [0.4, 0.5) is 0 Å². The van der Waals surface area contributed by atoms with Crippen LogP contribution in [0.1, 0.15) is 12.8 Å². The monoisotopic (exact) mass is 389 g/mol. The SMILES string of the molecule is O=C(O)C1CCCN(C(=O)COc2ccc(I)cc2)C1. The van der Waals surface area contributed by atoms with Crippen molar-refractivity contribution in [1.82, 2.24) is 4.90 Å². The van der Waals surface area contributed by atoms with Crippen molar-refractivity contribution in [2.24, 2.45) is 5.92 Å². The number of nitrogens with zero attached hydrogens (tertiary/aromatic N) is 1. The number of piperidine rings is 1. The van der Waals surface area contributed by atoms with Gasteiger partial charge in [-0.3, -0.25) is 9.59 Å². The Morgan fingerprint density at radius 2 is 2.05 bits per heavy atom. The first-order valence-electron chi connectivity index (χ1n) is 6.45.